The first-order valence-corrected chi connectivity index (χ1v) is 12.8. The highest BCUT2D eigenvalue weighted by Gasteiger charge is 2.34. The maximum absolute atomic E-state index is 12.9. The molecule has 1 aliphatic carbocycles. The fourth-order valence-corrected chi connectivity index (χ4v) is 5.95. The van der Waals surface area contributed by atoms with E-state index in [4.69, 9.17) is 28.2 Å². The van der Waals surface area contributed by atoms with Crippen LogP contribution < -0.4 is 4.73 Å². The normalized spacial score (nSPS) is 18.2. The van der Waals surface area contributed by atoms with Crippen molar-refractivity contribution in [3.63, 3.8) is 0 Å². The maximum Gasteiger partial charge on any atom is 0.227 e. The number of halogens is 3. The second-order valence-electron chi connectivity index (χ2n) is 8.74. The third-order valence-corrected chi connectivity index (χ3v) is 7.58. The molecule has 1 atom stereocenters. The molecule has 1 aliphatic heterocycles. The lowest BCUT2D eigenvalue weighted by molar-refractivity contribution is -0.904. The van der Waals surface area contributed by atoms with Gasteiger partial charge in [0.25, 0.3) is 0 Å². The van der Waals surface area contributed by atoms with Crippen molar-refractivity contribution in [3.8, 4) is 0 Å². The fraction of sp³-hybridized carbons (Fsp3) is 0.320. The van der Waals surface area contributed by atoms with Crippen LogP contribution in [-0.4, -0.2) is 52.1 Å². The number of piperazine rings is 1. The molecule has 3 heterocycles. The highest BCUT2D eigenvalue weighted by Crippen LogP contribution is 2.41. The van der Waals surface area contributed by atoms with Crippen molar-refractivity contribution >= 4 is 45.0 Å². The third-order valence-electron chi connectivity index (χ3n) is 6.61. The summed E-state index contributed by atoms with van der Waals surface area (Å²) in [4.78, 5) is 22.0. The Morgan fingerprint density at radius 1 is 1.09 bits per heavy atom. The van der Waals surface area contributed by atoms with Gasteiger partial charge in [-0.2, -0.15) is 0 Å². The highest BCUT2D eigenvalue weighted by atomic mass is 79.9. The van der Waals surface area contributed by atoms with Gasteiger partial charge in [0.05, 0.1) is 18.2 Å². The van der Waals surface area contributed by atoms with Gasteiger partial charge in [-0.05, 0) is 69.2 Å². The molecule has 1 amide bonds. The van der Waals surface area contributed by atoms with Crippen LogP contribution in [0, 0.1) is 0 Å². The van der Waals surface area contributed by atoms with Crippen LogP contribution in [0.25, 0.3) is 0 Å². The summed E-state index contributed by atoms with van der Waals surface area (Å²) in [5.41, 5.74) is 5.32. The van der Waals surface area contributed by atoms with Crippen LogP contribution in [0.5, 0.6) is 0 Å². The lowest BCUT2D eigenvalue weighted by atomic mass is 9.96. The predicted molar refractivity (Wildman–Crippen MR) is 133 cm³/mol. The van der Waals surface area contributed by atoms with E-state index in [0.29, 0.717) is 29.6 Å². The van der Waals surface area contributed by atoms with E-state index in [-0.39, 0.29) is 11.9 Å². The average Bonchev–Trinajstić information content (AvgIpc) is 2.97. The summed E-state index contributed by atoms with van der Waals surface area (Å²) < 4.78 is 1.93. The molecule has 1 N–H and O–H groups in total. The molecule has 1 fully saturated rings. The molecule has 2 aliphatic rings. The maximum atomic E-state index is 12.9. The molecule has 1 unspecified atom stereocenters. The van der Waals surface area contributed by atoms with E-state index in [1.165, 1.54) is 18.0 Å². The summed E-state index contributed by atoms with van der Waals surface area (Å²) >= 11 is 16.7. The average molecular weight is 563 g/mol. The Bertz CT molecular complexity index is 1230. The number of fused-ring (bicyclic) bond motifs is 2. The van der Waals surface area contributed by atoms with Gasteiger partial charge in [-0.25, -0.2) is 0 Å². The van der Waals surface area contributed by atoms with Crippen LogP contribution in [0.2, 0.25) is 10.0 Å². The minimum atomic E-state index is -0.0863. The molecule has 0 saturated carbocycles. The van der Waals surface area contributed by atoms with E-state index in [2.05, 4.69) is 26.9 Å². The number of carbonyl (C=O) groups excluding carboxylic acids is 1. The molecule has 0 radical (unpaired) electrons. The van der Waals surface area contributed by atoms with Crippen LogP contribution in [-0.2, 0) is 24.1 Å². The Kier molecular flexibility index (Phi) is 6.80. The van der Waals surface area contributed by atoms with Gasteiger partial charge in [0.15, 0.2) is 0 Å². The van der Waals surface area contributed by atoms with Crippen molar-refractivity contribution in [3.05, 3.63) is 91.4 Å². The number of rotatable bonds is 3. The first-order valence-electron chi connectivity index (χ1n) is 11.2. The zero-order valence-corrected chi connectivity index (χ0v) is 21.5. The second kappa shape index (κ2) is 9.82. The van der Waals surface area contributed by atoms with Crippen molar-refractivity contribution < 1.29 is 14.7 Å². The van der Waals surface area contributed by atoms with E-state index >= 15 is 0 Å². The van der Waals surface area contributed by atoms with E-state index in [9.17, 15) is 10.0 Å². The molecule has 176 valence electrons. The van der Waals surface area contributed by atoms with Crippen molar-refractivity contribution in [1.82, 2.24) is 14.8 Å². The predicted octanol–water partition coefficient (Wildman–Crippen LogP) is 4.25. The van der Waals surface area contributed by atoms with Gasteiger partial charge < -0.3 is 4.90 Å². The number of pyridine rings is 2. The highest BCUT2D eigenvalue weighted by molar-refractivity contribution is 9.10. The first kappa shape index (κ1) is 23.5. The van der Waals surface area contributed by atoms with Gasteiger partial charge in [-0.3, -0.25) is 19.9 Å². The SMILES string of the molecule is O=C(Cc1cc[n+](O)cc1)N1CCN(C2c3ncc(Br)cc3CCc3cc(Cl)cc(Cl)c32)CC1. The largest absolute Gasteiger partial charge is 0.340 e. The molecule has 0 bridgehead atoms. The number of aryl methyl sites for hydroxylation is 2. The molecule has 1 saturated heterocycles. The van der Waals surface area contributed by atoms with Gasteiger partial charge in [0.2, 0.25) is 18.3 Å². The standard InChI is InChI=1S/C25H24BrCl2N4O2/c26-19-12-18-2-1-17-13-20(27)14-21(28)23(17)25(24(18)29-15-19)31-9-7-30(8-10-31)22(33)11-16-3-5-32(34)6-4-16/h3-6,12-15,25,34H,1-2,7-11H2/q+1. The van der Waals surface area contributed by atoms with Crippen LogP contribution in [0.1, 0.15) is 34.0 Å². The summed E-state index contributed by atoms with van der Waals surface area (Å²) in [7, 11) is 0. The number of aromatic nitrogens is 2. The number of hydrogen-bond acceptors (Lipinski definition) is 4. The van der Waals surface area contributed by atoms with Crippen molar-refractivity contribution in [2.24, 2.45) is 0 Å². The van der Waals surface area contributed by atoms with Crippen LogP contribution >= 0.6 is 39.1 Å². The minimum absolute atomic E-state index is 0.0863. The number of carbonyl (C=O) groups is 1. The molecule has 5 rings (SSSR count). The molecule has 6 nitrogen and oxygen atoms in total. The Morgan fingerprint density at radius 2 is 1.79 bits per heavy atom. The van der Waals surface area contributed by atoms with Gasteiger partial charge >= 0.3 is 0 Å². The summed E-state index contributed by atoms with van der Waals surface area (Å²) in [5, 5.41) is 10.7. The van der Waals surface area contributed by atoms with Gasteiger partial charge in [0, 0.05) is 63.8 Å². The lowest BCUT2D eigenvalue weighted by Crippen LogP contribution is -2.50. The molecule has 9 heteroatoms. The Morgan fingerprint density at radius 3 is 2.53 bits per heavy atom. The fourth-order valence-electron chi connectivity index (χ4n) is 4.93. The lowest BCUT2D eigenvalue weighted by Gasteiger charge is -2.40. The third kappa shape index (κ3) is 4.80. The van der Waals surface area contributed by atoms with Crippen molar-refractivity contribution in [2.75, 3.05) is 26.2 Å². The number of amides is 1. The molecule has 1 aromatic carbocycles. The molecule has 3 aromatic rings. The van der Waals surface area contributed by atoms with E-state index in [1.807, 2.05) is 23.2 Å². The number of hydrogen-bond donors (Lipinski definition) is 1. The van der Waals surface area contributed by atoms with Crippen LogP contribution in [0.15, 0.2) is 53.4 Å². The zero-order chi connectivity index (χ0) is 23.8. The van der Waals surface area contributed by atoms with Crippen LogP contribution in [0.3, 0.4) is 0 Å². The molecular weight excluding hydrogens is 539 g/mol. The summed E-state index contributed by atoms with van der Waals surface area (Å²) in [5.74, 6) is 0.0869. The molecular formula is C25H24BrCl2N4O2+. The second-order valence-corrected chi connectivity index (χ2v) is 10.5. The topological polar surface area (TPSA) is 60.6 Å². The summed E-state index contributed by atoms with van der Waals surface area (Å²) in [6.45, 7) is 2.71. The van der Waals surface area contributed by atoms with E-state index < -0.39 is 0 Å². The Balaban J connectivity index is 1.40. The molecule has 0 spiro atoms. The quantitative estimate of drug-likeness (QED) is 0.383. The Labute approximate surface area is 216 Å². The minimum Gasteiger partial charge on any atom is -0.340 e. The van der Waals surface area contributed by atoms with Gasteiger partial charge in [-0.15, -0.1) is 0 Å². The van der Waals surface area contributed by atoms with Gasteiger partial charge in [0.1, 0.15) is 0 Å². The van der Waals surface area contributed by atoms with Crippen molar-refractivity contribution in [2.45, 2.75) is 25.3 Å². The van der Waals surface area contributed by atoms with Crippen molar-refractivity contribution in [1.29, 1.82) is 0 Å². The monoisotopic (exact) mass is 561 g/mol. The summed E-state index contributed by atoms with van der Waals surface area (Å²) in [6.07, 6.45) is 6.93. The zero-order valence-electron chi connectivity index (χ0n) is 18.4. The summed E-state index contributed by atoms with van der Waals surface area (Å²) in [6, 6.07) is 9.40. The molecule has 2 aromatic heterocycles. The molecule has 34 heavy (non-hydrogen) atoms. The van der Waals surface area contributed by atoms with Crippen LogP contribution in [0.4, 0.5) is 0 Å². The smallest absolute Gasteiger partial charge is 0.227 e. The first-order chi connectivity index (χ1) is 16.4. The Hall–Kier alpha value is -2.19. The van der Waals surface area contributed by atoms with E-state index in [0.717, 1.165) is 57.5 Å². The number of benzene rings is 1. The number of nitrogens with zero attached hydrogens (tertiary/aromatic N) is 4. The van der Waals surface area contributed by atoms with Gasteiger partial charge in [-0.1, -0.05) is 23.2 Å². The van der Waals surface area contributed by atoms with E-state index in [1.54, 1.807) is 12.1 Å².